The minimum Gasteiger partial charge on any atom is -0.373 e. The lowest BCUT2D eigenvalue weighted by Crippen LogP contribution is -1.98. The number of anilines is 1. The molecule has 1 aliphatic carbocycles. The molecule has 5 heteroatoms. The van der Waals surface area contributed by atoms with Crippen LogP contribution < -0.4 is 5.32 Å². The molecule has 0 saturated heterocycles. The number of fused-ring (bicyclic) bond motifs is 1. The van der Waals surface area contributed by atoms with Crippen molar-refractivity contribution in [3.63, 3.8) is 0 Å². The van der Waals surface area contributed by atoms with Gasteiger partial charge in [-0.05, 0) is 42.9 Å². The molecule has 0 aliphatic heterocycles. The molecule has 1 heterocycles. The first-order valence-electron chi connectivity index (χ1n) is 6.81. The van der Waals surface area contributed by atoms with Gasteiger partial charge in [0.1, 0.15) is 0 Å². The van der Waals surface area contributed by atoms with Crippen molar-refractivity contribution in [3.8, 4) is 0 Å². The van der Waals surface area contributed by atoms with E-state index in [1.165, 1.54) is 47.2 Å². The van der Waals surface area contributed by atoms with Crippen LogP contribution in [-0.4, -0.2) is 4.92 Å². The number of nitro benzene ring substituents is 1. The molecule has 1 aromatic carbocycles. The van der Waals surface area contributed by atoms with Gasteiger partial charge >= 0.3 is 0 Å². The number of rotatable bonds is 4. The summed E-state index contributed by atoms with van der Waals surface area (Å²) in [5.41, 5.74) is 2.56. The third kappa shape index (κ3) is 2.82. The van der Waals surface area contributed by atoms with E-state index in [1.54, 1.807) is 12.1 Å². The van der Waals surface area contributed by atoms with Crippen molar-refractivity contribution in [2.24, 2.45) is 0 Å². The number of hydrogen-bond donors (Lipinski definition) is 1. The standard InChI is InChI=1S/C15H16N2O2S/c18-17(19)13-6-3-4-11(8-13)10-16-15-9-12-5-1-2-7-14(12)20-15/h3-4,6,8-9,16H,1-2,5,7,10H2. The Morgan fingerprint density at radius 1 is 1.25 bits per heavy atom. The molecule has 0 atom stereocenters. The van der Waals surface area contributed by atoms with Crippen LogP contribution in [0.4, 0.5) is 10.7 Å². The summed E-state index contributed by atoms with van der Waals surface area (Å²) >= 11 is 1.82. The number of aryl methyl sites for hydroxylation is 2. The summed E-state index contributed by atoms with van der Waals surface area (Å²) in [5.74, 6) is 0. The fourth-order valence-corrected chi connectivity index (χ4v) is 3.70. The summed E-state index contributed by atoms with van der Waals surface area (Å²) in [6.07, 6.45) is 4.95. The van der Waals surface area contributed by atoms with Crippen LogP contribution >= 0.6 is 11.3 Å². The van der Waals surface area contributed by atoms with Crippen LogP contribution in [0.2, 0.25) is 0 Å². The first-order chi connectivity index (χ1) is 9.72. The van der Waals surface area contributed by atoms with Crippen molar-refractivity contribution in [2.75, 3.05) is 5.32 Å². The Morgan fingerprint density at radius 2 is 2.10 bits per heavy atom. The predicted molar refractivity (Wildman–Crippen MR) is 81.4 cm³/mol. The molecular formula is C15H16N2O2S. The van der Waals surface area contributed by atoms with Gasteiger partial charge < -0.3 is 5.32 Å². The number of benzene rings is 1. The van der Waals surface area contributed by atoms with Gasteiger partial charge in [0, 0.05) is 23.6 Å². The van der Waals surface area contributed by atoms with Crippen LogP contribution in [0.15, 0.2) is 30.3 Å². The number of nitrogens with zero attached hydrogens (tertiary/aromatic N) is 1. The van der Waals surface area contributed by atoms with Gasteiger partial charge in [0.2, 0.25) is 0 Å². The predicted octanol–water partition coefficient (Wildman–Crippen LogP) is 4.15. The van der Waals surface area contributed by atoms with Gasteiger partial charge in [0.05, 0.1) is 9.92 Å². The van der Waals surface area contributed by atoms with E-state index >= 15 is 0 Å². The molecule has 0 spiro atoms. The van der Waals surface area contributed by atoms with Crippen molar-refractivity contribution in [1.29, 1.82) is 0 Å². The average Bonchev–Trinajstić information content (AvgIpc) is 2.88. The molecule has 2 aromatic rings. The molecule has 0 saturated carbocycles. The molecular weight excluding hydrogens is 272 g/mol. The monoisotopic (exact) mass is 288 g/mol. The molecule has 20 heavy (non-hydrogen) atoms. The van der Waals surface area contributed by atoms with Gasteiger partial charge in [-0.15, -0.1) is 11.3 Å². The van der Waals surface area contributed by atoms with E-state index < -0.39 is 0 Å². The van der Waals surface area contributed by atoms with Crippen molar-refractivity contribution < 1.29 is 4.92 Å². The molecule has 1 aromatic heterocycles. The Labute approximate surface area is 121 Å². The van der Waals surface area contributed by atoms with Gasteiger partial charge in [0.25, 0.3) is 5.69 Å². The second-order valence-electron chi connectivity index (χ2n) is 5.05. The quantitative estimate of drug-likeness (QED) is 0.679. The Hall–Kier alpha value is -1.88. The van der Waals surface area contributed by atoms with Gasteiger partial charge in [-0.25, -0.2) is 0 Å². The Morgan fingerprint density at radius 3 is 2.90 bits per heavy atom. The summed E-state index contributed by atoms with van der Waals surface area (Å²) in [5, 5.41) is 15.3. The molecule has 0 bridgehead atoms. The molecule has 104 valence electrons. The zero-order valence-corrected chi connectivity index (χ0v) is 11.9. The van der Waals surface area contributed by atoms with E-state index in [2.05, 4.69) is 11.4 Å². The Balaban J connectivity index is 1.68. The summed E-state index contributed by atoms with van der Waals surface area (Å²) in [7, 11) is 0. The van der Waals surface area contributed by atoms with Crippen LogP contribution in [0.3, 0.4) is 0 Å². The first-order valence-corrected chi connectivity index (χ1v) is 7.63. The van der Waals surface area contributed by atoms with Gasteiger partial charge in [-0.2, -0.15) is 0 Å². The third-order valence-electron chi connectivity index (χ3n) is 3.58. The normalized spacial score (nSPS) is 13.8. The highest BCUT2D eigenvalue weighted by molar-refractivity contribution is 7.16. The maximum Gasteiger partial charge on any atom is 0.269 e. The molecule has 0 amide bonds. The van der Waals surface area contributed by atoms with Gasteiger partial charge in [-0.1, -0.05) is 12.1 Å². The van der Waals surface area contributed by atoms with Gasteiger partial charge in [0.15, 0.2) is 0 Å². The van der Waals surface area contributed by atoms with Crippen molar-refractivity contribution in [2.45, 2.75) is 32.2 Å². The van der Waals surface area contributed by atoms with Crippen LogP contribution in [0.25, 0.3) is 0 Å². The maximum atomic E-state index is 10.7. The summed E-state index contributed by atoms with van der Waals surface area (Å²) in [6, 6.07) is 9.02. The van der Waals surface area contributed by atoms with Crippen LogP contribution in [0, 0.1) is 10.1 Å². The SMILES string of the molecule is O=[N+]([O-])c1cccc(CNc2cc3c(s2)CCCC3)c1. The molecule has 3 rings (SSSR count). The minimum atomic E-state index is -0.354. The highest BCUT2D eigenvalue weighted by Gasteiger charge is 2.13. The second kappa shape index (κ2) is 5.63. The number of hydrogen-bond acceptors (Lipinski definition) is 4. The summed E-state index contributed by atoms with van der Waals surface area (Å²) in [6.45, 7) is 0.626. The number of non-ortho nitro benzene ring substituents is 1. The summed E-state index contributed by atoms with van der Waals surface area (Å²) in [4.78, 5) is 11.9. The number of nitro groups is 1. The maximum absolute atomic E-state index is 10.7. The molecule has 1 aliphatic rings. The molecule has 0 unspecified atom stereocenters. The van der Waals surface area contributed by atoms with E-state index in [1.807, 2.05) is 17.4 Å². The number of thiophene rings is 1. The third-order valence-corrected chi connectivity index (χ3v) is 4.78. The first kappa shape index (κ1) is 13.1. The zero-order chi connectivity index (χ0) is 13.9. The Kier molecular flexibility index (Phi) is 3.69. The highest BCUT2D eigenvalue weighted by Crippen LogP contribution is 2.33. The molecule has 4 nitrogen and oxygen atoms in total. The lowest BCUT2D eigenvalue weighted by atomic mass is 10.00. The molecule has 1 N–H and O–H groups in total. The van der Waals surface area contributed by atoms with Crippen LogP contribution in [0.5, 0.6) is 0 Å². The Bertz CT molecular complexity index is 613. The van der Waals surface area contributed by atoms with Crippen molar-refractivity contribution in [1.82, 2.24) is 0 Å². The molecule has 0 fully saturated rings. The fraction of sp³-hybridized carbons (Fsp3) is 0.333. The smallest absolute Gasteiger partial charge is 0.269 e. The van der Waals surface area contributed by atoms with Gasteiger partial charge in [-0.3, -0.25) is 10.1 Å². The van der Waals surface area contributed by atoms with Crippen LogP contribution in [-0.2, 0) is 19.4 Å². The van der Waals surface area contributed by atoms with Crippen LogP contribution in [0.1, 0.15) is 28.8 Å². The average molecular weight is 288 g/mol. The minimum absolute atomic E-state index is 0.148. The second-order valence-corrected chi connectivity index (χ2v) is 6.18. The lowest BCUT2D eigenvalue weighted by Gasteiger charge is -2.08. The van der Waals surface area contributed by atoms with E-state index in [0.29, 0.717) is 6.54 Å². The zero-order valence-electron chi connectivity index (χ0n) is 11.1. The van der Waals surface area contributed by atoms with E-state index in [9.17, 15) is 10.1 Å². The van der Waals surface area contributed by atoms with E-state index in [-0.39, 0.29) is 10.6 Å². The highest BCUT2D eigenvalue weighted by atomic mass is 32.1. The van der Waals surface area contributed by atoms with E-state index in [4.69, 9.17) is 0 Å². The topological polar surface area (TPSA) is 55.2 Å². The largest absolute Gasteiger partial charge is 0.373 e. The fourth-order valence-electron chi connectivity index (χ4n) is 2.55. The van der Waals surface area contributed by atoms with E-state index in [0.717, 1.165) is 5.56 Å². The van der Waals surface area contributed by atoms with Crippen molar-refractivity contribution in [3.05, 3.63) is 56.5 Å². The lowest BCUT2D eigenvalue weighted by molar-refractivity contribution is -0.384. The molecule has 0 radical (unpaired) electrons. The summed E-state index contributed by atoms with van der Waals surface area (Å²) < 4.78 is 0. The van der Waals surface area contributed by atoms with Crippen molar-refractivity contribution >= 4 is 22.0 Å². The number of nitrogens with one attached hydrogen (secondary N) is 1.